The van der Waals surface area contributed by atoms with Crippen molar-refractivity contribution in [3.05, 3.63) is 67.5 Å². The van der Waals surface area contributed by atoms with Gasteiger partial charge >= 0.3 is 5.63 Å². The van der Waals surface area contributed by atoms with Gasteiger partial charge in [-0.1, -0.05) is 17.7 Å². The molecule has 2 aliphatic rings. The lowest BCUT2D eigenvalue weighted by Gasteiger charge is -2.32. The molecule has 0 saturated carbocycles. The van der Waals surface area contributed by atoms with Crippen molar-refractivity contribution < 1.29 is 9.15 Å². The molecule has 27 heavy (non-hydrogen) atoms. The van der Waals surface area contributed by atoms with E-state index in [0.717, 1.165) is 75.5 Å². The number of nitrogens with zero attached hydrogens (tertiary/aromatic N) is 1. The zero-order valence-corrected chi connectivity index (χ0v) is 16.2. The highest BCUT2D eigenvalue weighted by atomic mass is 35.5. The first-order valence-corrected chi connectivity index (χ1v) is 9.65. The number of fused-ring (bicyclic) bond motifs is 4. The van der Waals surface area contributed by atoms with E-state index in [4.69, 9.17) is 20.8 Å². The predicted octanol–water partition coefficient (Wildman–Crippen LogP) is 4.91. The van der Waals surface area contributed by atoms with Gasteiger partial charge < -0.3 is 14.1 Å². The van der Waals surface area contributed by atoms with Crippen molar-refractivity contribution in [3.8, 4) is 5.75 Å². The van der Waals surface area contributed by atoms with Crippen LogP contribution in [-0.4, -0.2) is 6.73 Å². The Kier molecular flexibility index (Phi) is 3.73. The van der Waals surface area contributed by atoms with E-state index >= 15 is 0 Å². The first-order chi connectivity index (χ1) is 13.0. The van der Waals surface area contributed by atoms with Crippen LogP contribution in [0, 0.1) is 13.8 Å². The largest absolute Gasteiger partial charge is 0.472 e. The Hall–Kier alpha value is -2.46. The van der Waals surface area contributed by atoms with Crippen molar-refractivity contribution in [1.29, 1.82) is 0 Å². The zero-order valence-electron chi connectivity index (χ0n) is 15.4. The molecule has 0 radical (unpaired) electrons. The summed E-state index contributed by atoms with van der Waals surface area (Å²) in [5, 5.41) is 1.82. The number of anilines is 1. The van der Waals surface area contributed by atoms with Crippen molar-refractivity contribution in [3.63, 3.8) is 0 Å². The van der Waals surface area contributed by atoms with Gasteiger partial charge in [0.2, 0.25) is 0 Å². The molecule has 1 aromatic heterocycles. The fraction of sp³-hybridized carbons (Fsp3) is 0.318. The van der Waals surface area contributed by atoms with Crippen LogP contribution in [0.15, 0.2) is 33.5 Å². The van der Waals surface area contributed by atoms with Gasteiger partial charge in [-0.2, -0.15) is 0 Å². The van der Waals surface area contributed by atoms with E-state index < -0.39 is 0 Å². The third kappa shape index (κ3) is 2.54. The first kappa shape index (κ1) is 16.7. The molecule has 0 saturated heterocycles. The normalized spacial score (nSPS) is 15.6. The van der Waals surface area contributed by atoms with Crippen LogP contribution in [0.2, 0.25) is 5.02 Å². The Bertz CT molecular complexity index is 1150. The number of hydrogen-bond donors (Lipinski definition) is 0. The monoisotopic (exact) mass is 381 g/mol. The minimum absolute atomic E-state index is 0.190. The van der Waals surface area contributed by atoms with Crippen LogP contribution >= 0.6 is 11.6 Å². The summed E-state index contributed by atoms with van der Waals surface area (Å²) >= 11 is 6.31. The molecular formula is C22H20ClNO3. The summed E-state index contributed by atoms with van der Waals surface area (Å²) in [4.78, 5) is 14.5. The molecule has 2 heterocycles. The van der Waals surface area contributed by atoms with E-state index in [1.807, 2.05) is 26.0 Å². The lowest BCUT2D eigenvalue weighted by atomic mass is 9.99. The minimum Gasteiger partial charge on any atom is -0.472 e. The summed E-state index contributed by atoms with van der Waals surface area (Å²) < 4.78 is 11.8. The van der Waals surface area contributed by atoms with Crippen molar-refractivity contribution >= 4 is 28.3 Å². The maximum absolute atomic E-state index is 12.3. The molecule has 0 amide bonds. The molecule has 1 aliphatic heterocycles. The van der Waals surface area contributed by atoms with Gasteiger partial charge in [-0.25, -0.2) is 4.79 Å². The summed E-state index contributed by atoms with van der Waals surface area (Å²) in [6, 6.07) is 8.23. The summed E-state index contributed by atoms with van der Waals surface area (Å²) in [5.74, 6) is 0.832. The molecule has 4 nitrogen and oxygen atoms in total. The summed E-state index contributed by atoms with van der Waals surface area (Å²) in [6.45, 7) is 5.15. The molecule has 0 atom stereocenters. The fourth-order valence-corrected chi connectivity index (χ4v) is 4.46. The highest BCUT2D eigenvalue weighted by Crippen LogP contribution is 2.39. The van der Waals surface area contributed by atoms with Gasteiger partial charge in [0.15, 0.2) is 6.73 Å². The molecule has 2 aromatic carbocycles. The number of ether oxygens (including phenoxy) is 1. The number of benzene rings is 2. The number of aryl methyl sites for hydroxylation is 3. The van der Waals surface area contributed by atoms with E-state index in [0.29, 0.717) is 12.3 Å². The molecule has 0 unspecified atom stereocenters. The fourth-order valence-electron chi connectivity index (χ4n) is 4.28. The first-order valence-electron chi connectivity index (χ1n) is 9.28. The summed E-state index contributed by atoms with van der Waals surface area (Å²) in [7, 11) is 0. The van der Waals surface area contributed by atoms with Crippen molar-refractivity contribution in [2.45, 2.75) is 39.7 Å². The molecule has 0 spiro atoms. The lowest BCUT2D eigenvalue weighted by molar-refractivity contribution is 0.287. The summed E-state index contributed by atoms with van der Waals surface area (Å²) in [6.07, 6.45) is 2.77. The number of halogens is 1. The molecule has 1 aliphatic carbocycles. The molecule has 3 aromatic rings. The maximum atomic E-state index is 12.3. The van der Waals surface area contributed by atoms with Gasteiger partial charge in [0.25, 0.3) is 0 Å². The second-order valence-corrected chi connectivity index (χ2v) is 7.88. The number of hydrogen-bond acceptors (Lipinski definition) is 4. The highest BCUT2D eigenvalue weighted by molar-refractivity contribution is 6.31. The third-order valence-electron chi connectivity index (χ3n) is 5.77. The molecule has 0 N–H and O–H groups in total. The molecule has 5 rings (SSSR count). The average molecular weight is 382 g/mol. The van der Waals surface area contributed by atoms with Gasteiger partial charge in [-0.15, -0.1) is 0 Å². The molecule has 5 heteroatoms. The Labute approximate surface area is 162 Å². The van der Waals surface area contributed by atoms with Gasteiger partial charge in [0.1, 0.15) is 11.3 Å². The van der Waals surface area contributed by atoms with Gasteiger partial charge in [0.05, 0.1) is 0 Å². The van der Waals surface area contributed by atoms with Gasteiger partial charge in [-0.3, -0.25) is 0 Å². The number of rotatable bonds is 1. The van der Waals surface area contributed by atoms with Crippen molar-refractivity contribution in [2.75, 3.05) is 11.6 Å². The lowest BCUT2D eigenvalue weighted by Crippen LogP contribution is -2.32. The highest BCUT2D eigenvalue weighted by Gasteiger charge is 2.26. The maximum Gasteiger partial charge on any atom is 0.339 e. The topological polar surface area (TPSA) is 42.7 Å². The van der Waals surface area contributed by atoms with E-state index in [9.17, 15) is 4.79 Å². The Morgan fingerprint density at radius 1 is 1.11 bits per heavy atom. The Balaban J connectivity index is 1.63. The molecule has 0 fully saturated rings. The molecule has 0 bridgehead atoms. The minimum atomic E-state index is -0.190. The van der Waals surface area contributed by atoms with E-state index in [-0.39, 0.29) is 5.63 Å². The van der Waals surface area contributed by atoms with E-state index in [1.165, 1.54) is 0 Å². The Morgan fingerprint density at radius 3 is 2.74 bits per heavy atom. The third-order valence-corrected chi connectivity index (χ3v) is 6.17. The van der Waals surface area contributed by atoms with Crippen LogP contribution in [-0.2, 0) is 19.4 Å². The van der Waals surface area contributed by atoms with Crippen LogP contribution in [0.1, 0.15) is 34.2 Å². The van der Waals surface area contributed by atoms with Crippen LogP contribution in [0.25, 0.3) is 11.0 Å². The standard InChI is InChI=1S/C22H20ClNO3/c1-12-6-7-15(9-19(12)23)24-10-14-8-18-16-4-3-5-17(16)22(25)27-21(18)13(2)20(14)26-11-24/h6-9H,3-5,10-11H2,1-2H3. The van der Waals surface area contributed by atoms with Crippen LogP contribution in [0.4, 0.5) is 5.69 Å². The SMILES string of the molecule is Cc1ccc(N2COc3c(cc4c5c(c(=O)oc4c3C)CCC5)C2)cc1Cl. The van der Waals surface area contributed by atoms with E-state index in [2.05, 4.69) is 17.0 Å². The Morgan fingerprint density at radius 2 is 1.93 bits per heavy atom. The summed E-state index contributed by atoms with van der Waals surface area (Å²) in [5.41, 5.74) is 6.62. The van der Waals surface area contributed by atoms with Crippen molar-refractivity contribution in [2.24, 2.45) is 0 Å². The molecular weight excluding hydrogens is 362 g/mol. The smallest absolute Gasteiger partial charge is 0.339 e. The van der Waals surface area contributed by atoms with Crippen molar-refractivity contribution in [1.82, 2.24) is 0 Å². The van der Waals surface area contributed by atoms with E-state index in [1.54, 1.807) is 0 Å². The van der Waals surface area contributed by atoms with Crippen LogP contribution in [0.5, 0.6) is 5.75 Å². The predicted molar refractivity (Wildman–Crippen MR) is 107 cm³/mol. The quantitative estimate of drug-likeness (QED) is 0.562. The second kappa shape index (κ2) is 6.03. The van der Waals surface area contributed by atoms with Gasteiger partial charge in [-0.05, 0) is 62.4 Å². The van der Waals surface area contributed by atoms with Crippen LogP contribution in [0.3, 0.4) is 0 Å². The zero-order chi connectivity index (χ0) is 18.7. The average Bonchev–Trinajstić information content (AvgIpc) is 3.16. The molecule has 138 valence electrons. The van der Waals surface area contributed by atoms with Gasteiger partial charge in [0, 0.05) is 39.3 Å². The second-order valence-electron chi connectivity index (χ2n) is 7.47. The van der Waals surface area contributed by atoms with Crippen LogP contribution < -0.4 is 15.3 Å².